The summed E-state index contributed by atoms with van der Waals surface area (Å²) in [5.74, 6) is -0.547. The Morgan fingerprint density at radius 2 is 2.09 bits per heavy atom. The predicted molar refractivity (Wildman–Crippen MR) is 85.4 cm³/mol. The molecule has 0 radical (unpaired) electrons. The highest BCUT2D eigenvalue weighted by Gasteiger charge is 2.27. The van der Waals surface area contributed by atoms with Gasteiger partial charge in [-0.15, -0.1) is 0 Å². The maximum absolute atomic E-state index is 12.4. The van der Waals surface area contributed by atoms with Gasteiger partial charge in [0, 0.05) is 12.3 Å². The molecular weight excluding hydrogens is 292 g/mol. The number of methoxy groups -OCH3 is 1. The molecule has 122 valence electrons. The second-order valence-corrected chi connectivity index (χ2v) is 5.94. The van der Waals surface area contributed by atoms with Crippen LogP contribution in [0.15, 0.2) is 24.3 Å². The van der Waals surface area contributed by atoms with Crippen LogP contribution in [0.5, 0.6) is 0 Å². The second-order valence-electron chi connectivity index (χ2n) is 5.94. The monoisotopic (exact) mass is 314 g/mol. The molecule has 1 saturated carbocycles. The van der Waals surface area contributed by atoms with Crippen molar-refractivity contribution in [3.05, 3.63) is 35.4 Å². The van der Waals surface area contributed by atoms with Gasteiger partial charge in [-0.1, -0.05) is 31.4 Å². The van der Waals surface area contributed by atoms with E-state index in [4.69, 9.17) is 10.00 Å². The number of nitrogens with zero attached hydrogens (tertiary/aromatic N) is 1. The molecule has 1 fully saturated rings. The minimum atomic E-state index is -0.719. The molecule has 1 aromatic rings. The molecule has 1 aromatic carbocycles. The number of carbonyl (C=O) groups is 2. The van der Waals surface area contributed by atoms with Gasteiger partial charge in [-0.05, 0) is 30.5 Å². The van der Waals surface area contributed by atoms with Gasteiger partial charge in [-0.25, -0.2) is 4.79 Å². The molecule has 1 aliphatic carbocycles. The summed E-state index contributed by atoms with van der Waals surface area (Å²) in [4.78, 5) is 24.4. The molecule has 0 aromatic heterocycles. The summed E-state index contributed by atoms with van der Waals surface area (Å²) in [6, 6.07) is 8.39. The molecule has 5 nitrogen and oxygen atoms in total. The van der Waals surface area contributed by atoms with Gasteiger partial charge < -0.3 is 10.1 Å². The SMILES string of the molecule is COC(=O)[C@@H](Cc1cccc(C#N)c1)NC(=O)C1CCCCC1. The first-order valence-corrected chi connectivity index (χ1v) is 8.01. The fourth-order valence-corrected chi connectivity index (χ4v) is 2.99. The molecule has 0 aliphatic heterocycles. The van der Waals surface area contributed by atoms with Crippen LogP contribution in [0.3, 0.4) is 0 Å². The number of benzene rings is 1. The zero-order chi connectivity index (χ0) is 16.7. The van der Waals surface area contributed by atoms with Gasteiger partial charge in [0.05, 0.1) is 18.7 Å². The lowest BCUT2D eigenvalue weighted by Crippen LogP contribution is -2.45. The fraction of sp³-hybridized carbons (Fsp3) is 0.500. The zero-order valence-electron chi connectivity index (χ0n) is 13.4. The van der Waals surface area contributed by atoms with Crippen LogP contribution in [0, 0.1) is 17.2 Å². The summed E-state index contributed by atoms with van der Waals surface area (Å²) in [5.41, 5.74) is 1.35. The van der Waals surface area contributed by atoms with E-state index in [-0.39, 0.29) is 11.8 Å². The minimum Gasteiger partial charge on any atom is -0.467 e. The number of rotatable bonds is 5. The summed E-state index contributed by atoms with van der Waals surface area (Å²) < 4.78 is 4.81. The average molecular weight is 314 g/mol. The first-order valence-electron chi connectivity index (χ1n) is 8.01. The van der Waals surface area contributed by atoms with Crippen LogP contribution in [0.1, 0.15) is 43.2 Å². The smallest absolute Gasteiger partial charge is 0.328 e. The first kappa shape index (κ1) is 17.0. The van der Waals surface area contributed by atoms with Crippen LogP contribution in [0.25, 0.3) is 0 Å². The molecule has 0 heterocycles. The van der Waals surface area contributed by atoms with Crippen LogP contribution >= 0.6 is 0 Å². The number of nitrogens with one attached hydrogen (secondary N) is 1. The van der Waals surface area contributed by atoms with Gasteiger partial charge in [0.25, 0.3) is 0 Å². The van der Waals surface area contributed by atoms with E-state index < -0.39 is 12.0 Å². The third-order valence-corrected chi connectivity index (χ3v) is 4.27. The zero-order valence-corrected chi connectivity index (χ0v) is 13.4. The highest BCUT2D eigenvalue weighted by Crippen LogP contribution is 2.24. The summed E-state index contributed by atoms with van der Waals surface area (Å²) in [6.07, 6.45) is 5.37. The number of carbonyl (C=O) groups excluding carboxylic acids is 2. The first-order chi connectivity index (χ1) is 11.1. The van der Waals surface area contributed by atoms with E-state index in [1.54, 1.807) is 18.2 Å². The van der Waals surface area contributed by atoms with Crippen molar-refractivity contribution in [2.45, 2.75) is 44.6 Å². The Morgan fingerprint density at radius 3 is 2.74 bits per heavy atom. The molecule has 5 heteroatoms. The van der Waals surface area contributed by atoms with E-state index in [9.17, 15) is 9.59 Å². The van der Waals surface area contributed by atoms with E-state index in [0.29, 0.717) is 12.0 Å². The number of amides is 1. The average Bonchev–Trinajstić information content (AvgIpc) is 2.61. The molecule has 1 amide bonds. The number of hydrogen-bond donors (Lipinski definition) is 1. The maximum atomic E-state index is 12.4. The van der Waals surface area contributed by atoms with Crippen LogP contribution in [0.4, 0.5) is 0 Å². The lowest BCUT2D eigenvalue weighted by molar-refractivity contribution is -0.145. The Bertz CT molecular complexity index is 601. The Morgan fingerprint density at radius 1 is 1.35 bits per heavy atom. The number of hydrogen-bond acceptors (Lipinski definition) is 4. The summed E-state index contributed by atoms with van der Waals surface area (Å²) in [5, 5.41) is 11.8. The van der Waals surface area contributed by atoms with Gasteiger partial charge in [0.15, 0.2) is 0 Å². The Labute approximate surface area is 136 Å². The highest BCUT2D eigenvalue weighted by atomic mass is 16.5. The lowest BCUT2D eigenvalue weighted by Gasteiger charge is -2.24. The molecule has 0 bridgehead atoms. The van der Waals surface area contributed by atoms with Crippen LogP contribution in [0.2, 0.25) is 0 Å². The molecule has 2 rings (SSSR count). The van der Waals surface area contributed by atoms with E-state index in [1.807, 2.05) is 6.07 Å². The van der Waals surface area contributed by atoms with Crippen molar-refractivity contribution in [2.75, 3.05) is 7.11 Å². The largest absolute Gasteiger partial charge is 0.467 e. The molecule has 0 unspecified atom stereocenters. The van der Waals surface area contributed by atoms with Crippen molar-refractivity contribution in [3.63, 3.8) is 0 Å². The molecule has 0 spiro atoms. The number of ether oxygens (including phenoxy) is 1. The van der Waals surface area contributed by atoms with E-state index >= 15 is 0 Å². The van der Waals surface area contributed by atoms with Crippen molar-refractivity contribution in [3.8, 4) is 6.07 Å². The summed E-state index contributed by atoms with van der Waals surface area (Å²) in [6.45, 7) is 0. The normalized spacial score (nSPS) is 16.2. The van der Waals surface area contributed by atoms with Crippen LogP contribution < -0.4 is 5.32 Å². The van der Waals surface area contributed by atoms with Crippen molar-refractivity contribution >= 4 is 11.9 Å². The van der Waals surface area contributed by atoms with Crippen molar-refractivity contribution in [1.82, 2.24) is 5.32 Å². The fourth-order valence-electron chi connectivity index (χ4n) is 2.99. The third kappa shape index (κ3) is 4.82. The van der Waals surface area contributed by atoms with Crippen molar-refractivity contribution in [2.24, 2.45) is 5.92 Å². The van der Waals surface area contributed by atoms with Gasteiger partial charge in [0.1, 0.15) is 6.04 Å². The standard InChI is InChI=1S/C18H22N2O3/c1-23-18(22)16(11-13-6-5-7-14(10-13)12-19)20-17(21)15-8-3-2-4-9-15/h5-7,10,15-16H,2-4,8-9,11H2,1H3,(H,20,21)/t16-/m1/s1. The van der Waals surface area contributed by atoms with Gasteiger partial charge in [-0.2, -0.15) is 5.26 Å². The molecule has 1 aliphatic rings. The molecule has 0 saturated heterocycles. The van der Waals surface area contributed by atoms with Crippen molar-refractivity contribution in [1.29, 1.82) is 5.26 Å². The topological polar surface area (TPSA) is 79.2 Å². The Balaban J connectivity index is 2.05. The van der Waals surface area contributed by atoms with Crippen LogP contribution in [-0.2, 0) is 20.7 Å². The van der Waals surface area contributed by atoms with E-state index in [1.165, 1.54) is 13.5 Å². The molecule has 23 heavy (non-hydrogen) atoms. The van der Waals surface area contributed by atoms with Gasteiger partial charge >= 0.3 is 5.97 Å². The summed E-state index contributed by atoms with van der Waals surface area (Å²) in [7, 11) is 1.31. The number of esters is 1. The Hall–Kier alpha value is -2.35. The van der Waals surface area contributed by atoms with E-state index in [2.05, 4.69) is 11.4 Å². The summed E-state index contributed by atoms with van der Waals surface area (Å²) >= 11 is 0. The predicted octanol–water partition coefficient (Wildman–Crippen LogP) is 2.34. The van der Waals surface area contributed by atoms with E-state index in [0.717, 1.165) is 31.2 Å². The van der Waals surface area contributed by atoms with Crippen LogP contribution in [-0.4, -0.2) is 25.0 Å². The highest BCUT2D eigenvalue weighted by molar-refractivity contribution is 5.86. The maximum Gasteiger partial charge on any atom is 0.328 e. The lowest BCUT2D eigenvalue weighted by atomic mass is 9.88. The quantitative estimate of drug-likeness (QED) is 0.846. The molecule has 1 atom stereocenters. The third-order valence-electron chi connectivity index (χ3n) is 4.27. The molecule has 1 N–H and O–H groups in total. The van der Waals surface area contributed by atoms with Gasteiger partial charge in [0.2, 0.25) is 5.91 Å². The van der Waals surface area contributed by atoms with Gasteiger partial charge in [-0.3, -0.25) is 4.79 Å². The van der Waals surface area contributed by atoms with Crippen molar-refractivity contribution < 1.29 is 14.3 Å². The Kier molecular flexibility index (Phi) is 6.16. The number of nitriles is 1. The minimum absolute atomic E-state index is 0.0126. The molecular formula is C18H22N2O3. The second kappa shape index (κ2) is 8.33.